The maximum atomic E-state index is 12.8. The number of primary amides is 2. The minimum Gasteiger partial charge on any atom is -0.480 e. The molecule has 0 fully saturated rings. The Labute approximate surface area is 196 Å². The summed E-state index contributed by atoms with van der Waals surface area (Å²) in [5, 5.41) is 16.4. The van der Waals surface area contributed by atoms with E-state index >= 15 is 0 Å². The van der Waals surface area contributed by atoms with Crippen molar-refractivity contribution in [3.05, 3.63) is 0 Å². The summed E-state index contributed by atoms with van der Waals surface area (Å²) in [6.45, 7) is 3.26. The van der Waals surface area contributed by atoms with Gasteiger partial charge in [0.25, 0.3) is 0 Å². The molecule has 14 heteroatoms. The lowest BCUT2D eigenvalue weighted by atomic mass is 10.0. The minimum absolute atomic E-state index is 0.0737. The molecule has 0 aromatic rings. The Morgan fingerprint density at radius 2 is 1.42 bits per heavy atom. The largest absolute Gasteiger partial charge is 0.480 e. The van der Waals surface area contributed by atoms with E-state index in [1.807, 2.05) is 0 Å². The Bertz CT molecular complexity index is 733. The highest BCUT2D eigenvalue weighted by Crippen LogP contribution is 2.07. The summed E-state index contributed by atoms with van der Waals surface area (Å²) in [5.41, 5.74) is 15.9. The number of hydrogen-bond acceptors (Lipinski definition) is 8. The minimum atomic E-state index is -1.43. The zero-order valence-electron chi connectivity index (χ0n) is 19.0. The van der Waals surface area contributed by atoms with E-state index in [1.54, 1.807) is 20.1 Å². The van der Waals surface area contributed by atoms with Crippen molar-refractivity contribution in [2.24, 2.45) is 23.1 Å². The Kier molecular flexibility index (Phi) is 13.7. The van der Waals surface area contributed by atoms with Gasteiger partial charge >= 0.3 is 5.97 Å². The smallest absolute Gasteiger partial charge is 0.326 e. The van der Waals surface area contributed by atoms with Gasteiger partial charge in [-0.15, -0.1) is 0 Å². The molecule has 0 spiro atoms. The van der Waals surface area contributed by atoms with Crippen LogP contribution in [0, 0.1) is 5.92 Å². The lowest BCUT2D eigenvalue weighted by Gasteiger charge is -2.26. The molecule has 0 rings (SSSR count). The van der Waals surface area contributed by atoms with Gasteiger partial charge in [0.15, 0.2) is 0 Å². The molecule has 5 amide bonds. The van der Waals surface area contributed by atoms with Crippen LogP contribution >= 0.6 is 11.8 Å². The zero-order chi connectivity index (χ0) is 25.7. The van der Waals surface area contributed by atoms with Crippen molar-refractivity contribution in [2.75, 3.05) is 12.0 Å². The number of nitrogens with one attached hydrogen (secondary N) is 3. The fourth-order valence-corrected chi connectivity index (χ4v) is 3.13. The highest BCUT2D eigenvalue weighted by atomic mass is 32.2. The highest BCUT2D eigenvalue weighted by molar-refractivity contribution is 7.98. The highest BCUT2D eigenvalue weighted by Gasteiger charge is 2.32. The van der Waals surface area contributed by atoms with E-state index in [0.29, 0.717) is 5.75 Å². The van der Waals surface area contributed by atoms with Crippen LogP contribution in [0.4, 0.5) is 0 Å². The molecule has 4 unspecified atom stereocenters. The van der Waals surface area contributed by atoms with Crippen LogP contribution in [-0.2, 0) is 28.8 Å². The molecule has 4 atom stereocenters. The summed E-state index contributed by atoms with van der Waals surface area (Å²) < 4.78 is 0. The van der Waals surface area contributed by atoms with Gasteiger partial charge in [-0.2, -0.15) is 11.8 Å². The maximum absolute atomic E-state index is 12.8. The van der Waals surface area contributed by atoms with Gasteiger partial charge in [-0.1, -0.05) is 13.8 Å². The van der Waals surface area contributed by atoms with Gasteiger partial charge in [-0.25, -0.2) is 4.79 Å². The van der Waals surface area contributed by atoms with E-state index in [0.717, 1.165) is 0 Å². The Morgan fingerprint density at radius 3 is 1.88 bits per heavy atom. The first-order valence-electron chi connectivity index (χ1n) is 10.2. The lowest BCUT2D eigenvalue weighted by Crippen LogP contribution is -2.59. The molecular weight excluding hydrogens is 456 g/mol. The molecule has 0 bridgehead atoms. The van der Waals surface area contributed by atoms with Gasteiger partial charge < -0.3 is 38.3 Å². The number of amides is 5. The fraction of sp³-hybridized carbons (Fsp3) is 0.684. The molecule has 0 aliphatic heterocycles. The third-order valence-corrected chi connectivity index (χ3v) is 5.19. The third-order valence-electron chi connectivity index (χ3n) is 4.55. The normalized spacial score (nSPS) is 14.5. The average Bonchev–Trinajstić information content (AvgIpc) is 2.71. The Morgan fingerprint density at radius 1 is 0.848 bits per heavy atom. The number of carbonyl (C=O) groups is 6. The average molecular weight is 491 g/mol. The summed E-state index contributed by atoms with van der Waals surface area (Å²) in [6.07, 6.45) is 1.18. The summed E-state index contributed by atoms with van der Waals surface area (Å²) in [4.78, 5) is 71.4. The number of hydrogen-bond donors (Lipinski definition) is 7. The summed E-state index contributed by atoms with van der Waals surface area (Å²) in [5.74, 6) is -5.14. The van der Waals surface area contributed by atoms with Crippen molar-refractivity contribution in [3.63, 3.8) is 0 Å². The van der Waals surface area contributed by atoms with Crippen molar-refractivity contribution in [1.82, 2.24) is 16.0 Å². The van der Waals surface area contributed by atoms with Crippen LogP contribution in [0.25, 0.3) is 0 Å². The van der Waals surface area contributed by atoms with E-state index in [4.69, 9.17) is 17.2 Å². The molecule has 0 heterocycles. The number of thioether (sulfide) groups is 1. The second-order valence-electron chi connectivity index (χ2n) is 7.75. The van der Waals surface area contributed by atoms with Gasteiger partial charge in [0.05, 0.1) is 12.5 Å². The summed E-state index contributed by atoms with van der Waals surface area (Å²) in [6, 6.07) is -4.90. The summed E-state index contributed by atoms with van der Waals surface area (Å²) >= 11 is 1.42. The van der Waals surface area contributed by atoms with E-state index in [-0.39, 0.29) is 19.3 Å². The number of rotatable bonds is 16. The number of nitrogens with two attached hydrogens (primary N) is 3. The van der Waals surface area contributed by atoms with E-state index in [9.17, 15) is 33.9 Å². The Balaban J connectivity index is 5.37. The van der Waals surface area contributed by atoms with E-state index in [2.05, 4.69) is 16.0 Å². The second kappa shape index (κ2) is 15.1. The fourth-order valence-electron chi connectivity index (χ4n) is 2.66. The lowest BCUT2D eigenvalue weighted by molar-refractivity contribution is -0.142. The maximum Gasteiger partial charge on any atom is 0.326 e. The quantitative estimate of drug-likeness (QED) is 0.120. The predicted octanol–water partition coefficient (Wildman–Crippen LogP) is -2.60. The number of aliphatic carboxylic acids is 1. The molecule has 0 saturated heterocycles. The molecule has 10 N–H and O–H groups in total. The number of carboxylic acid groups (broad SMARTS) is 1. The third kappa shape index (κ3) is 12.1. The molecule has 33 heavy (non-hydrogen) atoms. The topological polar surface area (TPSA) is 237 Å². The summed E-state index contributed by atoms with van der Waals surface area (Å²) in [7, 11) is 0. The molecule has 0 aromatic carbocycles. The molecule has 0 aliphatic rings. The second-order valence-corrected chi connectivity index (χ2v) is 8.74. The first kappa shape index (κ1) is 30.1. The van der Waals surface area contributed by atoms with Gasteiger partial charge in [0.1, 0.15) is 18.1 Å². The van der Waals surface area contributed by atoms with Crippen LogP contribution in [0.15, 0.2) is 0 Å². The van der Waals surface area contributed by atoms with Crippen molar-refractivity contribution in [3.8, 4) is 0 Å². The van der Waals surface area contributed by atoms with Crippen LogP contribution in [0.5, 0.6) is 0 Å². The molecule has 0 aliphatic carbocycles. The monoisotopic (exact) mass is 490 g/mol. The first-order chi connectivity index (χ1) is 15.3. The van der Waals surface area contributed by atoms with Crippen LogP contribution < -0.4 is 33.2 Å². The number of carbonyl (C=O) groups excluding carboxylic acids is 5. The van der Waals surface area contributed by atoms with Crippen molar-refractivity contribution >= 4 is 47.3 Å². The van der Waals surface area contributed by atoms with Crippen LogP contribution in [-0.4, -0.2) is 76.8 Å². The first-order valence-corrected chi connectivity index (χ1v) is 11.6. The van der Waals surface area contributed by atoms with Gasteiger partial charge in [0, 0.05) is 6.42 Å². The van der Waals surface area contributed by atoms with Gasteiger partial charge in [0.2, 0.25) is 29.5 Å². The van der Waals surface area contributed by atoms with Crippen LogP contribution in [0.3, 0.4) is 0 Å². The number of carboxylic acids is 1. The van der Waals surface area contributed by atoms with Crippen molar-refractivity contribution < 1.29 is 33.9 Å². The Hall–Kier alpha value is -2.87. The molecule has 13 nitrogen and oxygen atoms in total. The van der Waals surface area contributed by atoms with Gasteiger partial charge in [-0.05, 0) is 30.8 Å². The van der Waals surface area contributed by atoms with Crippen molar-refractivity contribution in [1.29, 1.82) is 0 Å². The van der Waals surface area contributed by atoms with Crippen LogP contribution in [0.2, 0.25) is 0 Å². The predicted molar refractivity (Wildman–Crippen MR) is 121 cm³/mol. The van der Waals surface area contributed by atoms with E-state index in [1.165, 1.54) is 11.8 Å². The molecule has 0 saturated carbocycles. The molecular formula is C19H34N6O7S. The van der Waals surface area contributed by atoms with Crippen molar-refractivity contribution in [2.45, 2.75) is 63.7 Å². The molecule has 188 valence electrons. The molecule has 0 aromatic heterocycles. The zero-order valence-corrected chi connectivity index (χ0v) is 19.8. The SMILES string of the molecule is CSCCC(NC(=O)C(NC(=O)C(CC(N)=O)NC(=O)C(N)CCC(N)=O)C(C)C)C(=O)O. The van der Waals surface area contributed by atoms with Gasteiger partial charge in [-0.3, -0.25) is 24.0 Å². The van der Waals surface area contributed by atoms with Crippen LogP contribution in [0.1, 0.15) is 39.5 Å². The molecule has 0 radical (unpaired) electrons. The standard InChI is InChI=1S/C19H34N6O7S/c1-9(2)15(18(30)23-11(19(31)32)6-7-33-3)25-17(29)12(8-14(22)27)24-16(28)10(20)4-5-13(21)26/h9-12,15H,4-8,20H2,1-3H3,(H2,21,26)(H2,22,27)(H,23,30)(H,24,28)(H,25,29)(H,31,32). The van der Waals surface area contributed by atoms with E-state index < -0.39 is 72.0 Å².